The minimum absolute atomic E-state index is 0.0351. The lowest BCUT2D eigenvalue weighted by Crippen LogP contribution is -2.65. The predicted molar refractivity (Wildman–Crippen MR) is 137 cm³/mol. The Morgan fingerprint density at radius 3 is 2.38 bits per heavy atom. The summed E-state index contributed by atoms with van der Waals surface area (Å²) in [6.45, 7) is -1.96. The van der Waals surface area contributed by atoms with Gasteiger partial charge in [-0.2, -0.15) is 22.0 Å². The number of rotatable bonds is 6. The molecule has 0 aromatic heterocycles. The zero-order valence-corrected chi connectivity index (χ0v) is 22.9. The highest BCUT2D eigenvalue weighted by molar-refractivity contribution is 7.92. The summed E-state index contributed by atoms with van der Waals surface area (Å²) in [4.78, 5) is 11.7. The molecular formula is C28H23F6NO6S. The topological polar surface area (TPSA) is 82.1 Å². The first kappa shape index (κ1) is 29.5. The van der Waals surface area contributed by atoms with E-state index in [2.05, 4.69) is 4.74 Å². The summed E-state index contributed by atoms with van der Waals surface area (Å²) in [6.07, 6.45) is -4.70. The first-order chi connectivity index (χ1) is 19.5. The Balaban J connectivity index is 1.62. The fourth-order valence-corrected chi connectivity index (χ4v) is 7.20. The highest BCUT2D eigenvalue weighted by Crippen LogP contribution is 2.56. The third kappa shape index (κ3) is 5.35. The Morgan fingerprint density at radius 2 is 1.74 bits per heavy atom. The van der Waals surface area contributed by atoms with Gasteiger partial charge in [-0.1, -0.05) is 12.1 Å². The third-order valence-corrected chi connectivity index (χ3v) is 9.02. The summed E-state index contributed by atoms with van der Waals surface area (Å²) in [5.41, 5.74) is -3.20. The van der Waals surface area contributed by atoms with Crippen LogP contribution in [0.25, 0.3) is 11.1 Å². The van der Waals surface area contributed by atoms with Crippen LogP contribution in [0.5, 0.6) is 11.5 Å². The Labute approximate surface area is 236 Å². The Hall–Kier alpha value is -3.94. The third-order valence-electron chi connectivity index (χ3n) is 7.27. The van der Waals surface area contributed by atoms with Crippen molar-refractivity contribution < 1.29 is 53.8 Å². The van der Waals surface area contributed by atoms with E-state index in [4.69, 9.17) is 9.47 Å². The van der Waals surface area contributed by atoms with Crippen molar-refractivity contribution in [2.45, 2.75) is 43.0 Å². The van der Waals surface area contributed by atoms with Gasteiger partial charge < -0.3 is 14.2 Å². The molecule has 0 atom stereocenters. The average Bonchev–Trinajstić information content (AvgIpc) is 2.90. The number of anilines is 1. The molecule has 224 valence electrons. The molecule has 0 bridgehead atoms. The molecule has 14 heteroatoms. The first-order valence-corrected chi connectivity index (χ1v) is 13.9. The van der Waals surface area contributed by atoms with E-state index in [9.17, 15) is 39.6 Å². The molecule has 1 heterocycles. The second-order valence-electron chi connectivity index (χ2n) is 10.5. The molecule has 5 rings (SSSR count). The number of esters is 1. The van der Waals surface area contributed by atoms with Gasteiger partial charge in [0.25, 0.3) is 10.0 Å². The molecule has 2 aliphatic rings. The van der Waals surface area contributed by atoms with Crippen molar-refractivity contribution in [2.75, 3.05) is 18.0 Å². The van der Waals surface area contributed by atoms with Crippen LogP contribution in [0.2, 0.25) is 0 Å². The fraction of sp³-hybridized carbons (Fsp3) is 0.321. The van der Waals surface area contributed by atoms with Gasteiger partial charge in [-0.3, -0.25) is 9.10 Å². The number of sulfonamides is 1. The van der Waals surface area contributed by atoms with Gasteiger partial charge in [-0.15, -0.1) is 0 Å². The molecule has 0 unspecified atom stereocenters. The first-order valence-electron chi connectivity index (χ1n) is 12.4. The number of fused-ring (bicyclic) bond motifs is 1. The molecular weight excluding hydrogens is 592 g/mol. The lowest BCUT2D eigenvalue weighted by Gasteiger charge is -2.55. The van der Waals surface area contributed by atoms with Crippen LogP contribution >= 0.6 is 0 Å². The largest absolute Gasteiger partial charge is 0.483 e. The molecule has 1 fully saturated rings. The van der Waals surface area contributed by atoms with Gasteiger partial charge >= 0.3 is 18.8 Å². The number of methoxy groups -OCH3 is 1. The van der Waals surface area contributed by atoms with Crippen molar-refractivity contribution >= 4 is 21.7 Å². The number of carbonyl (C=O) groups is 1. The molecule has 1 aliphatic carbocycles. The Kier molecular flexibility index (Phi) is 7.11. The van der Waals surface area contributed by atoms with Crippen molar-refractivity contribution in [1.82, 2.24) is 0 Å². The van der Waals surface area contributed by atoms with Crippen LogP contribution < -0.4 is 13.8 Å². The molecule has 7 nitrogen and oxygen atoms in total. The van der Waals surface area contributed by atoms with Gasteiger partial charge in [0.05, 0.1) is 35.2 Å². The van der Waals surface area contributed by atoms with Crippen molar-refractivity contribution in [2.24, 2.45) is 5.41 Å². The van der Waals surface area contributed by atoms with Crippen LogP contribution in [0.4, 0.5) is 32.0 Å². The van der Waals surface area contributed by atoms with E-state index >= 15 is 0 Å². The zero-order chi connectivity index (χ0) is 30.7. The molecule has 0 amide bonds. The minimum atomic E-state index is -4.81. The number of halogens is 6. The summed E-state index contributed by atoms with van der Waals surface area (Å²) < 4.78 is 124. The minimum Gasteiger partial charge on any atom is -0.483 e. The fourth-order valence-electron chi connectivity index (χ4n) is 5.61. The predicted octanol–water partition coefficient (Wildman–Crippen LogP) is 6.41. The zero-order valence-electron chi connectivity index (χ0n) is 22.0. The van der Waals surface area contributed by atoms with Crippen LogP contribution in [-0.4, -0.2) is 40.3 Å². The molecule has 3 aromatic rings. The van der Waals surface area contributed by atoms with Crippen LogP contribution in [0.1, 0.15) is 25.3 Å². The Morgan fingerprint density at radius 1 is 1.02 bits per heavy atom. The maximum absolute atomic E-state index is 14.3. The van der Waals surface area contributed by atoms with Gasteiger partial charge in [0, 0.05) is 18.9 Å². The smallest absolute Gasteiger partial charge is 0.416 e. The number of hydrogen-bond donors (Lipinski definition) is 0. The lowest BCUT2D eigenvalue weighted by molar-refractivity contribution is -0.174. The maximum atomic E-state index is 14.3. The van der Waals surface area contributed by atoms with Crippen LogP contribution in [0.3, 0.4) is 0 Å². The normalized spacial score (nSPS) is 21.9. The van der Waals surface area contributed by atoms with Gasteiger partial charge in [0.1, 0.15) is 22.9 Å². The standard InChI is InChI=1S/C28H23F6NO6S/c1-26(24(36)39-2)13-27(14-26)15-35(42(37,38)21-5-3-4-18(11-21)28(32,33)34)22-10-16(6-7-23(22)41-27)17-8-19(29)12-20(9-17)40-25(30)31/h3-12,25H,13-15H2,1-2H3. The molecule has 1 aliphatic heterocycles. The van der Waals surface area contributed by atoms with Crippen molar-refractivity contribution in [3.05, 3.63) is 72.0 Å². The summed E-state index contributed by atoms with van der Waals surface area (Å²) in [5.74, 6) is -1.87. The van der Waals surface area contributed by atoms with Gasteiger partial charge in [0.2, 0.25) is 0 Å². The summed E-state index contributed by atoms with van der Waals surface area (Å²) >= 11 is 0. The van der Waals surface area contributed by atoms with Crippen LogP contribution in [0.15, 0.2) is 65.6 Å². The highest BCUT2D eigenvalue weighted by Gasteiger charge is 2.61. The highest BCUT2D eigenvalue weighted by atomic mass is 32.2. The van der Waals surface area contributed by atoms with E-state index < -0.39 is 61.8 Å². The summed E-state index contributed by atoms with van der Waals surface area (Å²) in [6, 6.07) is 10.3. The summed E-state index contributed by atoms with van der Waals surface area (Å²) in [7, 11) is -3.45. The second kappa shape index (κ2) is 10.1. The quantitative estimate of drug-likeness (QED) is 0.236. The number of alkyl halides is 5. The number of carbonyl (C=O) groups excluding carboxylic acids is 1. The van der Waals surface area contributed by atoms with E-state index in [-0.39, 0.29) is 42.0 Å². The van der Waals surface area contributed by atoms with Crippen LogP contribution in [0, 0.1) is 11.2 Å². The molecule has 0 N–H and O–H groups in total. The van der Waals surface area contributed by atoms with E-state index in [1.54, 1.807) is 6.92 Å². The second-order valence-corrected chi connectivity index (χ2v) is 12.3. The van der Waals surface area contributed by atoms with E-state index in [0.29, 0.717) is 6.07 Å². The molecule has 0 saturated heterocycles. The molecule has 3 aromatic carbocycles. The monoisotopic (exact) mass is 615 g/mol. The number of hydrogen-bond acceptors (Lipinski definition) is 6. The molecule has 0 radical (unpaired) electrons. The van der Waals surface area contributed by atoms with Crippen molar-refractivity contribution in [3.8, 4) is 22.6 Å². The SMILES string of the molecule is COC(=O)C1(C)CC2(CN(S(=O)(=O)c3cccc(C(F)(F)F)c3)c3cc(-c4cc(F)cc(OC(F)F)c4)ccc3O2)C1. The maximum Gasteiger partial charge on any atom is 0.416 e. The van der Waals surface area contributed by atoms with Crippen molar-refractivity contribution in [1.29, 1.82) is 0 Å². The number of benzene rings is 3. The molecule has 42 heavy (non-hydrogen) atoms. The number of ether oxygens (including phenoxy) is 3. The molecule has 1 spiro atoms. The van der Waals surface area contributed by atoms with E-state index in [0.717, 1.165) is 40.7 Å². The van der Waals surface area contributed by atoms with Gasteiger partial charge in [-0.25, -0.2) is 12.8 Å². The van der Waals surface area contributed by atoms with Gasteiger partial charge in [-0.05, 0) is 60.5 Å². The Bertz CT molecular complexity index is 1650. The summed E-state index contributed by atoms with van der Waals surface area (Å²) in [5, 5.41) is 0. The van der Waals surface area contributed by atoms with E-state index in [1.807, 2.05) is 0 Å². The van der Waals surface area contributed by atoms with Crippen LogP contribution in [-0.2, 0) is 25.7 Å². The van der Waals surface area contributed by atoms with Gasteiger partial charge in [0.15, 0.2) is 0 Å². The number of nitrogens with zero attached hydrogens (tertiary/aromatic N) is 1. The van der Waals surface area contributed by atoms with E-state index in [1.165, 1.54) is 25.3 Å². The van der Waals surface area contributed by atoms with Crippen molar-refractivity contribution in [3.63, 3.8) is 0 Å². The average molecular weight is 616 g/mol. The molecule has 1 saturated carbocycles. The lowest BCUT2D eigenvalue weighted by atomic mass is 9.59.